The molecule has 2 rings (SSSR count). The molecule has 2 N–H and O–H groups in total. The van der Waals surface area contributed by atoms with Crippen molar-refractivity contribution in [2.75, 3.05) is 5.73 Å². The van der Waals surface area contributed by atoms with Crippen LogP contribution in [0.5, 0.6) is 0 Å². The maximum Gasteiger partial charge on any atom is 0.359 e. The molecule has 1 aromatic carbocycles. The molecule has 13 heavy (non-hydrogen) atoms. The summed E-state index contributed by atoms with van der Waals surface area (Å²) < 4.78 is 4.91. The number of hydrogen-bond donors (Lipinski definition) is 1. The van der Waals surface area contributed by atoms with Crippen LogP contribution in [-0.2, 0) is 0 Å². The summed E-state index contributed by atoms with van der Waals surface area (Å²) >= 11 is 5.75. The summed E-state index contributed by atoms with van der Waals surface area (Å²) in [5.41, 5.74) is 5.45. The molecule has 2 aromatic rings. The summed E-state index contributed by atoms with van der Waals surface area (Å²) in [5, 5.41) is 1.31. The highest BCUT2D eigenvalue weighted by molar-refractivity contribution is 6.31. The van der Waals surface area contributed by atoms with Crippen molar-refractivity contribution in [3.05, 3.63) is 39.7 Å². The zero-order chi connectivity index (χ0) is 9.42. The Balaban J connectivity index is 2.89. The van der Waals surface area contributed by atoms with Crippen LogP contribution in [0.15, 0.2) is 33.5 Å². The first-order valence-corrected chi connectivity index (χ1v) is 4.03. The zero-order valence-electron chi connectivity index (χ0n) is 6.58. The zero-order valence-corrected chi connectivity index (χ0v) is 7.34. The molecule has 3 nitrogen and oxygen atoms in total. The van der Waals surface area contributed by atoms with Crippen LogP contribution in [0.3, 0.4) is 0 Å². The number of nitrogen functional groups attached to an aromatic ring is 1. The van der Waals surface area contributed by atoms with Crippen LogP contribution >= 0.6 is 11.6 Å². The van der Waals surface area contributed by atoms with Gasteiger partial charge in [0.25, 0.3) is 0 Å². The molecule has 0 amide bonds. The predicted molar refractivity (Wildman–Crippen MR) is 51.9 cm³/mol. The van der Waals surface area contributed by atoms with Crippen LogP contribution in [-0.4, -0.2) is 0 Å². The van der Waals surface area contributed by atoms with E-state index in [-0.39, 0.29) is 5.69 Å². The molecule has 0 bridgehead atoms. The van der Waals surface area contributed by atoms with E-state index in [1.54, 1.807) is 24.3 Å². The predicted octanol–water partition coefficient (Wildman–Crippen LogP) is 2.03. The van der Waals surface area contributed by atoms with Gasteiger partial charge in [0.15, 0.2) is 0 Å². The van der Waals surface area contributed by atoms with Crippen LogP contribution in [0.4, 0.5) is 5.69 Å². The largest absolute Gasteiger partial charge is 0.421 e. The molecule has 0 unspecified atom stereocenters. The number of hydrogen-bond acceptors (Lipinski definition) is 3. The van der Waals surface area contributed by atoms with Crippen molar-refractivity contribution in [1.82, 2.24) is 0 Å². The van der Waals surface area contributed by atoms with Gasteiger partial charge >= 0.3 is 5.63 Å². The Bertz CT molecular complexity index is 518. The van der Waals surface area contributed by atoms with E-state index < -0.39 is 5.63 Å². The van der Waals surface area contributed by atoms with Gasteiger partial charge in [0.1, 0.15) is 11.3 Å². The third-order valence-electron chi connectivity index (χ3n) is 1.72. The molecule has 1 heterocycles. The van der Waals surface area contributed by atoms with E-state index in [1.807, 2.05) is 0 Å². The van der Waals surface area contributed by atoms with Crippen molar-refractivity contribution in [1.29, 1.82) is 0 Å². The quantitative estimate of drug-likeness (QED) is 0.655. The molecule has 0 atom stereocenters. The Hall–Kier alpha value is -1.48. The van der Waals surface area contributed by atoms with Crippen LogP contribution in [0.25, 0.3) is 11.0 Å². The Morgan fingerprint density at radius 2 is 2.08 bits per heavy atom. The number of fused-ring (bicyclic) bond motifs is 1. The van der Waals surface area contributed by atoms with E-state index in [0.717, 1.165) is 5.39 Å². The van der Waals surface area contributed by atoms with Gasteiger partial charge in [-0.3, -0.25) is 0 Å². The minimum absolute atomic E-state index is 0.0924. The fourth-order valence-corrected chi connectivity index (χ4v) is 1.29. The number of nitrogens with two attached hydrogens (primary N) is 1. The van der Waals surface area contributed by atoms with Crippen LogP contribution in [0, 0.1) is 0 Å². The topological polar surface area (TPSA) is 56.2 Å². The fourth-order valence-electron chi connectivity index (χ4n) is 1.11. The average molecular weight is 196 g/mol. The number of anilines is 1. The second-order valence-electron chi connectivity index (χ2n) is 2.67. The Morgan fingerprint density at radius 1 is 1.31 bits per heavy atom. The van der Waals surface area contributed by atoms with Crippen molar-refractivity contribution in [3.63, 3.8) is 0 Å². The van der Waals surface area contributed by atoms with Crippen molar-refractivity contribution in [2.45, 2.75) is 0 Å². The molecule has 4 heteroatoms. The Morgan fingerprint density at radius 3 is 2.85 bits per heavy atom. The lowest BCUT2D eigenvalue weighted by atomic mass is 10.2. The van der Waals surface area contributed by atoms with Gasteiger partial charge in [-0.15, -0.1) is 0 Å². The van der Waals surface area contributed by atoms with Crippen LogP contribution in [0.1, 0.15) is 0 Å². The van der Waals surface area contributed by atoms with Crippen molar-refractivity contribution < 1.29 is 4.42 Å². The molecular formula is C9H6ClNO2. The van der Waals surface area contributed by atoms with Gasteiger partial charge < -0.3 is 10.2 Å². The summed E-state index contributed by atoms with van der Waals surface area (Å²) in [7, 11) is 0. The Kier molecular flexibility index (Phi) is 1.74. The van der Waals surface area contributed by atoms with E-state index in [9.17, 15) is 4.79 Å². The van der Waals surface area contributed by atoms with Gasteiger partial charge in [-0.05, 0) is 24.3 Å². The minimum Gasteiger partial charge on any atom is -0.421 e. The molecule has 0 aliphatic rings. The second-order valence-corrected chi connectivity index (χ2v) is 3.11. The van der Waals surface area contributed by atoms with Crippen molar-refractivity contribution in [2.24, 2.45) is 0 Å². The lowest BCUT2D eigenvalue weighted by Gasteiger charge is -1.97. The SMILES string of the molecule is Nc1cc2cc(Cl)ccc2oc1=O. The monoisotopic (exact) mass is 195 g/mol. The first kappa shape index (κ1) is 8.13. The number of benzene rings is 1. The fraction of sp³-hybridized carbons (Fsp3) is 0. The maximum atomic E-state index is 11.0. The molecule has 0 spiro atoms. The van der Waals surface area contributed by atoms with E-state index in [4.69, 9.17) is 21.8 Å². The van der Waals surface area contributed by atoms with Gasteiger partial charge in [-0.25, -0.2) is 4.79 Å². The third kappa shape index (κ3) is 1.38. The van der Waals surface area contributed by atoms with Crippen molar-refractivity contribution in [3.8, 4) is 0 Å². The molecule has 0 aliphatic heterocycles. The highest BCUT2D eigenvalue weighted by Gasteiger charge is 2.01. The maximum absolute atomic E-state index is 11.0. The lowest BCUT2D eigenvalue weighted by Crippen LogP contribution is -2.05. The standard InChI is InChI=1S/C9H6ClNO2/c10-6-1-2-8-5(3-6)4-7(11)9(12)13-8/h1-4H,11H2. The van der Waals surface area contributed by atoms with Gasteiger partial charge in [-0.1, -0.05) is 11.6 Å². The first-order chi connectivity index (χ1) is 6.16. The normalized spacial score (nSPS) is 10.5. The van der Waals surface area contributed by atoms with Gasteiger partial charge in [-0.2, -0.15) is 0 Å². The molecule has 0 saturated heterocycles. The summed E-state index contributed by atoms with van der Waals surface area (Å²) in [4.78, 5) is 11.0. The van der Waals surface area contributed by atoms with Crippen molar-refractivity contribution >= 4 is 28.3 Å². The average Bonchev–Trinajstić information content (AvgIpc) is 2.08. The minimum atomic E-state index is -0.519. The highest BCUT2D eigenvalue weighted by Crippen LogP contribution is 2.18. The van der Waals surface area contributed by atoms with E-state index in [2.05, 4.69) is 0 Å². The Labute approximate surface area is 78.7 Å². The van der Waals surface area contributed by atoms with Gasteiger partial charge in [0.05, 0.1) is 0 Å². The summed E-state index contributed by atoms with van der Waals surface area (Å²) in [6, 6.07) is 6.53. The molecule has 0 saturated carbocycles. The molecule has 66 valence electrons. The van der Waals surface area contributed by atoms with E-state index in [1.165, 1.54) is 0 Å². The third-order valence-corrected chi connectivity index (χ3v) is 1.96. The number of halogens is 1. The summed E-state index contributed by atoms with van der Waals surface area (Å²) in [6.07, 6.45) is 0. The molecule has 0 radical (unpaired) electrons. The van der Waals surface area contributed by atoms with E-state index in [0.29, 0.717) is 10.6 Å². The molecule has 1 aromatic heterocycles. The number of rotatable bonds is 0. The van der Waals surface area contributed by atoms with Crippen LogP contribution in [0.2, 0.25) is 5.02 Å². The first-order valence-electron chi connectivity index (χ1n) is 3.66. The summed E-state index contributed by atoms with van der Waals surface area (Å²) in [5.74, 6) is 0. The van der Waals surface area contributed by atoms with Gasteiger partial charge in [0.2, 0.25) is 0 Å². The summed E-state index contributed by atoms with van der Waals surface area (Å²) in [6.45, 7) is 0. The molecule has 0 fully saturated rings. The second kappa shape index (κ2) is 2.78. The van der Waals surface area contributed by atoms with Gasteiger partial charge in [0, 0.05) is 10.4 Å². The molecular weight excluding hydrogens is 190 g/mol. The lowest BCUT2D eigenvalue weighted by molar-refractivity contribution is 0.564. The molecule has 0 aliphatic carbocycles. The smallest absolute Gasteiger partial charge is 0.359 e. The van der Waals surface area contributed by atoms with Crippen LogP contribution < -0.4 is 11.4 Å². The highest BCUT2D eigenvalue weighted by atomic mass is 35.5. The van der Waals surface area contributed by atoms with E-state index >= 15 is 0 Å².